The molecule has 4 aromatic rings. The van der Waals surface area contributed by atoms with E-state index in [0.29, 0.717) is 28.0 Å². The van der Waals surface area contributed by atoms with Crippen LogP contribution >= 0.6 is 0 Å². The molecular formula is C26H29N7O4S. The predicted molar refractivity (Wildman–Crippen MR) is 146 cm³/mol. The lowest BCUT2D eigenvalue weighted by molar-refractivity contribution is 0.102. The van der Waals surface area contributed by atoms with Gasteiger partial charge in [0.2, 0.25) is 15.9 Å². The van der Waals surface area contributed by atoms with Gasteiger partial charge >= 0.3 is 0 Å². The molecule has 0 spiro atoms. The van der Waals surface area contributed by atoms with Gasteiger partial charge in [0.05, 0.1) is 36.5 Å². The van der Waals surface area contributed by atoms with E-state index in [1.165, 1.54) is 26.4 Å². The molecule has 3 N–H and O–H groups in total. The number of carbonyl (C=O) groups excluding carboxylic acids is 1. The lowest BCUT2D eigenvalue weighted by Crippen LogP contribution is -2.29. The molecule has 11 nitrogen and oxygen atoms in total. The first-order valence-electron chi connectivity index (χ1n) is 12.3. The van der Waals surface area contributed by atoms with Gasteiger partial charge < -0.3 is 10.1 Å². The van der Waals surface area contributed by atoms with E-state index in [4.69, 9.17) is 4.74 Å². The fourth-order valence-electron chi connectivity index (χ4n) is 4.59. The van der Waals surface area contributed by atoms with Crippen molar-refractivity contribution in [2.24, 2.45) is 0 Å². The number of ether oxygens (including phenoxy) is 1. The maximum absolute atomic E-state index is 13.2. The van der Waals surface area contributed by atoms with Crippen molar-refractivity contribution in [2.75, 3.05) is 36.5 Å². The van der Waals surface area contributed by atoms with E-state index in [1.54, 1.807) is 30.6 Å². The molecule has 3 aromatic heterocycles. The Morgan fingerprint density at radius 3 is 2.63 bits per heavy atom. The molecule has 0 bridgehead atoms. The van der Waals surface area contributed by atoms with Crippen LogP contribution in [0.2, 0.25) is 0 Å². The number of benzene rings is 1. The Morgan fingerprint density at radius 2 is 1.87 bits per heavy atom. The first-order chi connectivity index (χ1) is 18.3. The number of likely N-dealkylation sites (tertiary alicyclic amines) is 1. The van der Waals surface area contributed by atoms with Gasteiger partial charge in [0.15, 0.2) is 0 Å². The summed E-state index contributed by atoms with van der Waals surface area (Å²) >= 11 is 0. The van der Waals surface area contributed by atoms with Gasteiger partial charge in [-0.15, -0.1) is 0 Å². The minimum atomic E-state index is -3.56. The van der Waals surface area contributed by atoms with Crippen LogP contribution in [0.25, 0.3) is 22.0 Å². The average Bonchev–Trinajstić information content (AvgIpc) is 3.38. The summed E-state index contributed by atoms with van der Waals surface area (Å²) in [6.45, 7) is 2.81. The molecule has 4 heterocycles. The van der Waals surface area contributed by atoms with Crippen LogP contribution in [0.4, 0.5) is 11.4 Å². The minimum Gasteiger partial charge on any atom is -0.480 e. The maximum Gasteiger partial charge on any atom is 0.274 e. The Morgan fingerprint density at radius 1 is 1.08 bits per heavy atom. The molecule has 1 aliphatic heterocycles. The van der Waals surface area contributed by atoms with Crippen LogP contribution in [0, 0.1) is 0 Å². The van der Waals surface area contributed by atoms with Gasteiger partial charge in [-0.1, -0.05) is 12.5 Å². The lowest BCUT2D eigenvalue weighted by Gasteiger charge is -2.26. The Bertz CT molecular complexity index is 1580. The third kappa shape index (κ3) is 5.92. The van der Waals surface area contributed by atoms with Gasteiger partial charge in [-0.05, 0) is 61.8 Å². The van der Waals surface area contributed by atoms with Crippen LogP contribution in [0.3, 0.4) is 0 Å². The van der Waals surface area contributed by atoms with Gasteiger partial charge in [-0.25, -0.2) is 18.4 Å². The number of piperidine rings is 1. The van der Waals surface area contributed by atoms with Crippen molar-refractivity contribution in [1.82, 2.24) is 25.1 Å². The van der Waals surface area contributed by atoms with E-state index < -0.39 is 10.0 Å². The van der Waals surface area contributed by atoms with E-state index in [1.807, 2.05) is 18.2 Å². The van der Waals surface area contributed by atoms with Crippen molar-refractivity contribution < 1.29 is 17.9 Å². The molecule has 0 saturated carbocycles. The first kappa shape index (κ1) is 25.6. The van der Waals surface area contributed by atoms with Gasteiger partial charge in [0.25, 0.3) is 5.91 Å². The van der Waals surface area contributed by atoms with Gasteiger partial charge in [-0.3, -0.25) is 19.5 Å². The highest BCUT2D eigenvalue weighted by Gasteiger charge is 2.17. The molecule has 0 aliphatic carbocycles. The quantitative estimate of drug-likeness (QED) is 0.310. The largest absolute Gasteiger partial charge is 0.480 e. The van der Waals surface area contributed by atoms with Crippen molar-refractivity contribution in [3.8, 4) is 17.0 Å². The summed E-state index contributed by atoms with van der Waals surface area (Å²) in [5.41, 5.74) is 3.92. The number of anilines is 2. The summed E-state index contributed by atoms with van der Waals surface area (Å²) in [5, 5.41) is 10.8. The second-order valence-electron chi connectivity index (χ2n) is 9.32. The molecule has 5 rings (SSSR count). The fourth-order valence-corrected chi connectivity index (χ4v) is 5.14. The molecule has 1 saturated heterocycles. The summed E-state index contributed by atoms with van der Waals surface area (Å²) in [7, 11) is -2.14. The number of amides is 1. The average molecular weight is 536 g/mol. The second kappa shape index (κ2) is 10.8. The first-order valence-corrected chi connectivity index (χ1v) is 14.2. The van der Waals surface area contributed by atoms with Gasteiger partial charge in [-0.2, -0.15) is 5.10 Å². The van der Waals surface area contributed by atoms with Crippen molar-refractivity contribution in [1.29, 1.82) is 0 Å². The van der Waals surface area contributed by atoms with Crippen molar-refractivity contribution >= 4 is 38.2 Å². The number of hydrogen-bond acceptors (Lipinski definition) is 8. The summed E-state index contributed by atoms with van der Waals surface area (Å²) in [4.78, 5) is 24.5. The number of aromatic amines is 1. The normalized spacial score (nSPS) is 14.4. The SMILES string of the molecule is COc1ncc(-c2cc(NC(=O)c3cccc(CN4CCCCC4)n3)c3cn[nH]c3c2)cc1NS(C)(=O)=O. The number of pyridine rings is 2. The molecular weight excluding hydrogens is 506 g/mol. The number of aromatic nitrogens is 4. The Kier molecular flexibility index (Phi) is 7.25. The number of carbonyl (C=O) groups is 1. The summed E-state index contributed by atoms with van der Waals surface area (Å²) in [5.74, 6) is -0.191. The zero-order valence-corrected chi connectivity index (χ0v) is 22.0. The van der Waals surface area contributed by atoms with Crippen LogP contribution in [-0.2, 0) is 16.6 Å². The number of hydrogen-bond donors (Lipinski definition) is 3. The molecule has 0 atom stereocenters. The van der Waals surface area contributed by atoms with Crippen molar-refractivity contribution in [3.05, 3.63) is 60.2 Å². The monoisotopic (exact) mass is 535 g/mol. The van der Waals surface area contributed by atoms with Crippen molar-refractivity contribution in [2.45, 2.75) is 25.8 Å². The number of sulfonamides is 1. The summed E-state index contributed by atoms with van der Waals surface area (Å²) < 4.78 is 31.3. The third-order valence-electron chi connectivity index (χ3n) is 6.35. The van der Waals surface area contributed by atoms with Crippen molar-refractivity contribution in [3.63, 3.8) is 0 Å². The number of fused-ring (bicyclic) bond motifs is 1. The zero-order chi connectivity index (χ0) is 26.7. The summed E-state index contributed by atoms with van der Waals surface area (Å²) in [6, 6.07) is 10.8. The molecule has 1 aliphatic rings. The zero-order valence-electron chi connectivity index (χ0n) is 21.2. The lowest BCUT2D eigenvalue weighted by atomic mass is 10.0. The maximum atomic E-state index is 13.2. The number of nitrogens with one attached hydrogen (secondary N) is 3. The Balaban J connectivity index is 1.44. The number of H-pyrrole nitrogens is 1. The minimum absolute atomic E-state index is 0.144. The topological polar surface area (TPSA) is 142 Å². The molecule has 1 fully saturated rings. The molecule has 12 heteroatoms. The molecule has 198 valence electrons. The Labute approximate surface area is 220 Å². The van der Waals surface area contributed by atoms with E-state index in [-0.39, 0.29) is 17.5 Å². The van der Waals surface area contributed by atoms with Crippen LogP contribution in [0.5, 0.6) is 5.88 Å². The third-order valence-corrected chi connectivity index (χ3v) is 6.94. The molecule has 38 heavy (non-hydrogen) atoms. The molecule has 0 radical (unpaired) electrons. The van der Waals surface area contributed by atoms with E-state index in [0.717, 1.165) is 37.0 Å². The van der Waals surface area contributed by atoms with Crippen LogP contribution < -0.4 is 14.8 Å². The van der Waals surface area contributed by atoms with E-state index in [2.05, 4.69) is 35.1 Å². The fraction of sp³-hybridized carbons (Fsp3) is 0.308. The van der Waals surface area contributed by atoms with E-state index >= 15 is 0 Å². The van der Waals surface area contributed by atoms with Crippen LogP contribution in [-0.4, -0.2) is 65.8 Å². The second-order valence-corrected chi connectivity index (χ2v) is 11.1. The van der Waals surface area contributed by atoms with Gasteiger partial charge in [0, 0.05) is 23.7 Å². The standard InChI is InChI=1S/C26H29N7O4S/c1-37-26-24(32-38(2,35)36)13-18(14-27-26)17-11-22(20-15-28-31-23(20)12-17)30-25(34)21-8-6-7-19(29-21)16-33-9-4-3-5-10-33/h6-8,11-15,32H,3-5,9-10,16H2,1-2H3,(H,28,31)(H,30,34). The molecule has 1 aromatic carbocycles. The molecule has 1 amide bonds. The highest BCUT2D eigenvalue weighted by molar-refractivity contribution is 7.92. The van der Waals surface area contributed by atoms with Gasteiger partial charge in [0.1, 0.15) is 11.4 Å². The number of methoxy groups -OCH3 is 1. The van der Waals surface area contributed by atoms with Crippen LogP contribution in [0.15, 0.2) is 48.8 Å². The predicted octanol–water partition coefficient (Wildman–Crippen LogP) is 3.64. The van der Waals surface area contributed by atoms with E-state index in [9.17, 15) is 13.2 Å². The number of nitrogens with zero attached hydrogens (tertiary/aromatic N) is 4. The summed E-state index contributed by atoms with van der Waals surface area (Å²) in [6.07, 6.45) is 7.90. The Hall–Kier alpha value is -4.03. The highest BCUT2D eigenvalue weighted by Crippen LogP contribution is 2.33. The number of rotatable bonds is 8. The highest BCUT2D eigenvalue weighted by atomic mass is 32.2. The smallest absolute Gasteiger partial charge is 0.274 e. The van der Waals surface area contributed by atoms with Crippen LogP contribution in [0.1, 0.15) is 35.4 Å². The molecule has 0 unspecified atom stereocenters.